The molecule has 25 heavy (non-hydrogen) atoms. The predicted octanol–water partition coefficient (Wildman–Crippen LogP) is 3.44. The third kappa shape index (κ3) is 9.17. The summed E-state index contributed by atoms with van der Waals surface area (Å²) in [6.07, 6.45) is 4.86. The largest absolute Gasteiger partial charge is 0.357 e. The highest BCUT2D eigenvalue weighted by atomic mass is 127. The van der Waals surface area contributed by atoms with Gasteiger partial charge in [-0.2, -0.15) is 11.8 Å². The molecular formula is C17H36IN3O2S2. The number of guanidine groups is 1. The summed E-state index contributed by atoms with van der Waals surface area (Å²) >= 11 is 2.04. The van der Waals surface area contributed by atoms with Gasteiger partial charge in [-0.1, -0.05) is 13.3 Å². The Morgan fingerprint density at radius 2 is 1.92 bits per heavy atom. The second kappa shape index (κ2) is 11.9. The molecule has 1 rings (SSSR count). The normalized spacial score (nSPS) is 22.2. The van der Waals surface area contributed by atoms with Gasteiger partial charge in [0.1, 0.15) is 0 Å². The molecule has 0 aromatic rings. The lowest BCUT2D eigenvalue weighted by Gasteiger charge is -2.30. The lowest BCUT2D eigenvalue weighted by atomic mass is 9.95. The van der Waals surface area contributed by atoms with Gasteiger partial charge in [-0.05, 0) is 52.7 Å². The van der Waals surface area contributed by atoms with Crippen molar-refractivity contribution in [2.24, 2.45) is 4.99 Å². The molecule has 1 fully saturated rings. The minimum Gasteiger partial charge on any atom is -0.357 e. The number of nitrogens with zero attached hydrogens (tertiary/aromatic N) is 1. The molecule has 1 aliphatic carbocycles. The van der Waals surface area contributed by atoms with E-state index in [4.69, 9.17) is 0 Å². The number of hydrogen-bond acceptors (Lipinski definition) is 4. The van der Waals surface area contributed by atoms with Gasteiger partial charge in [0.2, 0.25) is 0 Å². The van der Waals surface area contributed by atoms with E-state index in [1.807, 2.05) is 18.7 Å². The fourth-order valence-corrected chi connectivity index (χ4v) is 4.88. The molecule has 0 radical (unpaired) electrons. The smallest absolute Gasteiger partial charge is 0.191 e. The van der Waals surface area contributed by atoms with Crippen molar-refractivity contribution in [1.29, 1.82) is 0 Å². The molecule has 8 heteroatoms. The molecule has 150 valence electrons. The van der Waals surface area contributed by atoms with Crippen molar-refractivity contribution >= 4 is 51.5 Å². The van der Waals surface area contributed by atoms with Gasteiger partial charge in [0.15, 0.2) is 15.8 Å². The summed E-state index contributed by atoms with van der Waals surface area (Å²) in [6, 6.07) is 0.430. The number of rotatable bonds is 7. The Balaban J connectivity index is 0.00000576. The monoisotopic (exact) mass is 505 g/mol. The van der Waals surface area contributed by atoms with Gasteiger partial charge < -0.3 is 10.6 Å². The maximum Gasteiger partial charge on any atom is 0.191 e. The second-order valence-electron chi connectivity index (χ2n) is 7.28. The Hall–Kier alpha value is 0.300. The van der Waals surface area contributed by atoms with E-state index in [1.165, 1.54) is 12.8 Å². The summed E-state index contributed by atoms with van der Waals surface area (Å²) in [7, 11) is -3.12. The van der Waals surface area contributed by atoms with Crippen LogP contribution in [0.3, 0.4) is 0 Å². The van der Waals surface area contributed by atoms with Gasteiger partial charge in [0.25, 0.3) is 0 Å². The van der Waals surface area contributed by atoms with Crippen LogP contribution in [0, 0.1) is 0 Å². The van der Waals surface area contributed by atoms with Crippen molar-refractivity contribution in [3.05, 3.63) is 0 Å². The highest BCUT2D eigenvalue weighted by molar-refractivity contribution is 14.0. The third-order valence-electron chi connectivity index (χ3n) is 4.28. The molecule has 0 aromatic carbocycles. The van der Waals surface area contributed by atoms with E-state index in [0.717, 1.165) is 36.3 Å². The summed E-state index contributed by atoms with van der Waals surface area (Å²) in [5, 5.41) is 7.47. The van der Waals surface area contributed by atoms with E-state index in [-0.39, 0.29) is 29.7 Å². The fraction of sp³-hybridized carbons (Fsp3) is 0.941. The molecule has 5 nitrogen and oxygen atoms in total. The average Bonchev–Trinajstić information content (AvgIpc) is 2.47. The second-order valence-corrected chi connectivity index (χ2v) is 11.7. The minimum absolute atomic E-state index is 0. The molecule has 2 atom stereocenters. The van der Waals surface area contributed by atoms with Crippen LogP contribution in [0.2, 0.25) is 0 Å². The van der Waals surface area contributed by atoms with Crippen LogP contribution < -0.4 is 10.6 Å². The van der Waals surface area contributed by atoms with Gasteiger partial charge in [0.05, 0.1) is 17.0 Å². The first-order valence-electron chi connectivity index (χ1n) is 9.08. The van der Waals surface area contributed by atoms with E-state index in [1.54, 1.807) is 20.8 Å². The van der Waals surface area contributed by atoms with Gasteiger partial charge in [0, 0.05) is 17.8 Å². The zero-order valence-electron chi connectivity index (χ0n) is 16.3. The number of sulfone groups is 1. The summed E-state index contributed by atoms with van der Waals surface area (Å²) in [4.78, 5) is 4.49. The Labute approximate surface area is 175 Å². The number of nitrogens with one attached hydrogen (secondary N) is 2. The maximum atomic E-state index is 12.2. The van der Waals surface area contributed by atoms with Crippen LogP contribution in [0.25, 0.3) is 0 Å². The minimum atomic E-state index is -3.12. The first-order chi connectivity index (χ1) is 11.2. The lowest BCUT2D eigenvalue weighted by molar-refractivity contribution is 0.419. The van der Waals surface area contributed by atoms with Gasteiger partial charge in [-0.25, -0.2) is 8.42 Å². The van der Waals surface area contributed by atoms with Gasteiger partial charge in [-0.3, -0.25) is 4.99 Å². The van der Waals surface area contributed by atoms with E-state index in [2.05, 4.69) is 22.5 Å². The highest BCUT2D eigenvalue weighted by Gasteiger charge is 2.28. The highest BCUT2D eigenvalue weighted by Crippen LogP contribution is 2.28. The molecule has 2 N–H and O–H groups in total. The molecule has 1 saturated carbocycles. The maximum absolute atomic E-state index is 12.2. The first-order valence-corrected chi connectivity index (χ1v) is 11.8. The Morgan fingerprint density at radius 1 is 1.24 bits per heavy atom. The predicted molar refractivity (Wildman–Crippen MR) is 122 cm³/mol. The molecule has 1 aliphatic rings. The third-order valence-corrected chi connectivity index (χ3v) is 8.10. The number of thioether (sulfide) groups is 1. The number of aliphatic imine (C=N–C) groups is 1. The van der Waals surface area contributed by atoms with Crippen LogP contribution in [0.5, 0.6) is 0 Å². The average molecular weight is 506 g/mol. The summed E-state index contributed by atoms with van der Waals surface area (Å²) in [6.45, 7) is 10.5. The van der Waals surface area contributed by atoms with E-state index in [0.29, 0.717) is 12.6 Å². The molecule has 2 unspecified atom stereocenters. The van der Waals surface area contributed by atoms with Gasteiger partial charge in [-0.15, -0.1) is 24.0 Å². The van der Waals surface area contributed by atoms with Crippen LogP contribution in [0.15, 0.2) is 4.99 Å². The number of hydrogen-bond donors (Lipinski definition) is 2. The fourth-order valence-electron chi connectivity index (χ4n) is 2.76. The zero-order chi connectivity index (χ0) is 18.2. The topological polar surface area (TPSA) is 70.6 Å². The summed E-state index contributed by atoms with van der Waals surface area (Å²) < 4.78 is 23.6. The molecule has 0 aliphatic heterocycles. The molecule has 0 amide bonds. The zero-order valence-corrected chi connectivity index (χ0v) is 20.3. The van der Waals surface area contributed by atoms with Crippen molar-refractivity contribution in [1.82, 2.24) is 10.6 Å². The van der Waals surface area contributed by atoms with Crippen LogP contribution in [-0.4, -0.2) is 55.0 Å². The molecule has 0 saturated heterocycles. The van der Waals surface area contributed by atoms with Crippen molar-refractivity contribution in [3.8, 4) is 0 Å². The SMILES string of the molecule is CCNC(=NCCS(=O)(=O)C(C)(C)C)NC1CCCC(SCC)C1.I. The van der Waals surface area contributed by atoms with Crippen molar-refractivity contribution in [2.75, 3.05) is 24.6 Å². The van der Waals surface area contributed by atoms with E-state index >= 15 is 0 Å². The summed E-state index contributed by atoms with van der Waals surface area (Å²) in [5.41, 5.74) is 0. The van der Waals surface area contributed by atoms with Crippen LogP contribution in [0.1, 0.15) is 60.3 Å². The van der Waals surface area contributed by atoms with Crippen molar-refractivity contribution in [3.63, 3.8) is 0 Å². The van der Waals surface area contributed by atoms with Gasteiger partial charge >= 0.3 is 0 Å². The van der Waals surface area contributed by atoms with Crippen molar-refractivity contribution < 1.29 is 8.42 Å². The molecule has 0 aromatic heterocycles. The first kappa shape index (κ1) is 25.3. The quantitative estimate of drug-likeness (QED) is 0.315. The van der Waals surface area contributed by atoms with Crippen LogP contribution >= 0.6 is 35.7 Å². The van der Waals surface area contributed by atoms with Crippen molar-refractivity contribution in [2.45, 2.75) is 76.3 Å². The molecule has 0 bridgehead atoms. The van der Waals surface area contributed by atoms with Crippen LogP contribution in [0.4, 0.5) is 0 Å². The Morgan fingerprint density at radius 3 is 2.48 bits per heavy atom. The molecule has 0 spiro atoms. The summed E-state index contributed by atoms with van der Waals surface area (Å²) in [5.74, 6) is 2.00. The Kier molecular flexibility index (Phi) is 12.0. The van der Waals surface area contributed by atoms with E-state index in [9.17, 15) is 8.42 Å². The molecule has 0 heterocycles. The standard InChI is InChI=1S/C17H35N3O2S2.HI/c1-6-18-16(19-11-12-24(21,22)17(3,4)5)20-14-9-8-10-15(13-14)23-7-2;/h14-15H,6-13H2,1-5H3,(H2,18,19,20);1H. The van der Waals surface area contributed by atoms with Crippen LogP contribution in [-0.2, 0) is 9.84 Å². The molecular weight excluding hydrogens is 469 g/mol. The lowest BCUT2D eigenvalue weighted by Crippen LogP contribution is -2.46. The Bertz CT molecular complexity index is 503. The van der Waals surface area contributed by atoms with E-state index < -0.39 is 14.6 Å². The number of halogens is 1.